The van der Waals surface area contributed by atoms with Crippen LogP contribution in [-0.2, 0) is 19.9 Å². The predicted octanol–water partition coefficient (Wildman–Crippen LogP) is 1.85. The summed E-state index contributed by atoms with van der Waals surface area (Å²) in [5.41, 5.74) is -3.39. The first-order chi connectivity index (χ1) is 9.70. The quantitative estimate of drug-likeness (QED) is 0.783. The van der Waals surface area contributed by atoms with Crippen molar-refractivity contribution in [2.75, 3.05) is 26.2 Å². The van der Waals surface area contributed by atoms with E-state index in [-0.39, 0.29) is 16.8 Å². The smallest absolute Gasteiger partial charge is 0.431 e. The first-order valence-corrected chi connectivity index (χ1v) is 5.83. The van der Waals surface area contributed by atoms with Crippen LogP contribution >= 0.6 is 0 Å². The van der Waals surface area contributed by atoms with Gasteiger partial charge in [-0.15, -0.1) is 0 Å². The van der Waals surface area contributed by atoms with Crippen molar-refractivity contribution >= 4 is 17.6 Å². The summed E-state index contributed by atoms with van der Waals surface area (Å²) in [5, 5.41) is 0. The molecule has 114 valence electrons. The highest BCUT2D eigenvalue weighted by Gasteiger charge is 2.67. The molecular formula is C13H12F3NO4. The molecule has 0 aliphatic carbocycles. The van der Waals surface area contributed by atoms with Crippen molar-refractivity contribution < 1.29 is 32.2 Å². The monoisotopic (exact) mass is 303 g/mol. The molecule has 0 saturated heterocycles. The third kappa shape index (κ3) is 1.90. The van der Waals surface area contributed by atoms with Crippen molar-refractivity contribution in [2.45, 2.75) is 11.8 Å². The first-order valence-electron chi connectivity index (χ1n) is 5.83. The number of alkyl halides is 3. The molecule has 0 aromatic heterocycles. The average Bonchev–Trinajstić information content (AvgIpc) is 2.66. The van der Waals surface area contributed by atoms with Gasteiger partial charge >= 0.3 is 12.1 Å². The maximum absolute atomic E-state index is 13.4. The van der Waals surface area contributed by atoms with E-state index in [1.807, 2.05) is 0 Å². The SMILES string of the molecule is COC(=O)c1ccc2c(c1)N(C)C(=O)C2(OC)C(F)(F)F. The standard InChI is InChI=1S/C13H12F3NO4/c1-17-9-6-7(10(18)20-2)4-5-8(9)12(21-3,11(17)19)13(14,15)16/h4-6H,1-3H3. The van der Waals surface area contributed by atoms with Gasteiger partial charge < -0.3 is 14.4 Å². The van der Waals surface area contributed by atoms with Crippen molar-refractivity contribution in [2.24, 2.45) is 0 Å². The van der Waals surface area contributed by atoms with Gasteiger partial charge in [-0.05, 0) is 12.1 Å². The molecule has 0 saturated carbocycles. The van der Waals surface area contributed by atoms with E-state index in [0.29, 0.717) is 0 Å². The van der Waals surface area contributed by atoms with Gasteiger partial charge in [-0.1, -0.05) is 6.07 Å². The van der Waals surface area contributed by atoms with Crippen LogP contribution in [-0.4, -0.2) is 39.3 Å². The number of methoxy groups -OCH3 is 2. The van der Waals surface area contributed by atoms with E-state index in [0.717, 1.165) is 31.3 Å². The number of amides is 1. The zero-order chi connectivity index (χ0) is 16.0. The first kappa shape index (κ1) is 15.3. The van der Waals surface area contributed by atoms with Crippen LogP contribution in [0.4, 0.5) is 18.9 Å². The molecule has 1 aliphatic heterocycles. The number of ether oxygens (including phenoxy) is 2. The molecule has 1 atom stereocenters. The Balaban J connectivity index is 2.69. The normalized spacial score (nSPS) is 21.4. The van der Waals surface area contributed by atoms with E-state index in [4.69, 9.17) is 0 Å². The Morgan fingerprint density at radius 2 is 1.90 bits per heavy atom. The Bertz CT molecular complexity index is 614. The number of halogens is 3. The van der Waals surface area contributed by atoms with E-state index < -0.39 is 23.7 Å². The highest BCUT2D eigenvalue weighted by atomic mass is 19.4. The minimum atomic E-state index is -4.93. The Labute approximate surface area is 118 Å². The van der Waals surface area contributed by atoms with Crippen LogP contribution in [0.3, 0.4) is 0 Å². The molecule has 1 aromatic rings. The van der Waals surface area contributed by atoms with Gasteiger partial charge in [0, 0.05) is 19.7 Å². The van der Waals surface area contributed by atoms with Crippen LogP contribution < -0.4 is 4.90 Å². The molecule has 21 heavy (non-hydrogen) atoms. The number of nitrogens with zero attached hydrogens (tertiary/aromatic N) is 1. The Morgan fingerprint density at radius 3 is 2.38 bits per heavy atom. The van der Waals surface area contributed by atoms with Crippen LogP contribution in [0.25, 0.3) is 0 Å². The van der Waals surface area contributed by atoms with E-state index >= 15 is 0 Å². The number of anilines is 1. The number of fused-ring (bicyclic) bond motifs is 1. The summed E-state index contributed by atoms with van der Waals surface area (Å²) in [7, 11) is 3.16. The number of likely N-dealkylation sites (N-methyl/N-ethyl adjacent to an activating group) is 1. The fourth-order valence-corrected chi connectivity index (χ4v) is 2.40. The van der Waals surface area contributed by atoms with E-state index in [1.165, 1.54) is 13.1 Å². The van der Waals surface area contributed by atoms with Gasteiger partial charge in [-0.2, -0.15) is 13.2 Å². The van der Waals surface area contributed by atoms with Crippen LogP contribution in [0.5, 0.6) is 0 Å². The van der Waals surface area contributed by atoms with Crippen LogP contribution in [0.1, 0.15) is 15.9 Å². The molecule has 5 nitrogen and oxygen atoms in total. The van der Waals surface area contributed by atoms with Crippen molar-refractivity contribution in [1.82, 2.24) is 0 Å². The van der Waals surface area contributed by atoms with Gasteiger partial charge in [0.15, 0.2) is 0 Å². The fourth-order valence-electron chi connectivity index (χ4n) is 2.40. The van der Waals surface area contributed by atoms with Crippen LogP contribution in [0.15, 0.2) is 18.2 Å². The number of hydrogen-bond donors (Lipinski definition) is 0. The molecule has 0 N–H and O–H groups in total. The van der Waals surface area contributed by atoms with Crippen molar-refractivity contribution in [1.29, 1.82) is 0 Å². The third-order valence-corrected chi connectivity index (χ3v) is 3.47. The second-order valence-corrected chi connectivity index (χ2v) is 4.47. The fraction of sp³-hybridized carbons (Fsp3) is 0.385. The molecule has 1 amide bonds. The molecule has 0 fully saturated rings. The van der Waals surface area contributed by atoms with E-state index in [2.05, 4.69) is 9.47 Å². The number of esters is 1. The van der Waals surface area contributed by atoms with Gasteiger partial charge in [0.05, 0.1) is 18.4 Å². The molecule has 1 aromatic carbocycles. The van der Waals surface area contributed by atoms with E-state index in [1.54, 1.807) is 0 Å². The van der Waals surface area contributed by atoms with Crippen LogP contribution in [0.2, 0.25) is 0 Å². The second-order valence-electron chi connectivity index (χ2n) is 4.47. The minimum Gasteiger partial charge on any atom is -0.465 e. The van der Waals surface area contributed by atoms with Crippen molar-refractivity contribution in [3.63, 3.8) is 0 Å². The topological polar surface area (TPSA) is 55.8 Å². The molecule has 0 radical (unpaired) electrons. The summed E-state index contributed by atoms with van der Waals surface area (Å²) in [4.78, 5) is 24.3. The largest absolute Gasteiger partial charge is 0.465 e. The molecule has 0 spiro atoms. The third-order valence-electron chi connectivity index (χ3n) is 3.47. The van der Waals surface area contributed by atoms with Crippen molar-refractivity contribution in [3.05, 3.63) is 29.3 Å². The number of carbonyl (C=O) groups excluding carboxylic acids is 2. The number of carbonyl (C=O) groups is 2. The van der Waals surface area contributed by atoms with Gasteiger partial charge in [0.2, 0.25) is 0 Å². The van der Waals surface area contributed by atoms with Gasteiger partial charge in [0.25, 0.3) is 11.5 Å². The van der Waals surface area contributed by atoms with Gasteiger partial charge in [0.1, 0.15) is 0 Å². The Kier molecular flexibility index (Phi) is 3.45. The zero-order valence-corrected chi connectivity index (χ0v) is 11.4. The lowest BCUT2D eigenvalue weighted by molar-refractivity contribution is -0.262. The molecule has 1 unspecified atom stereocenters. The molecule has 2 rings (SSSR count). The zero-order valence-electron chi connectivity index (χ0n) is 11.4. The Hall–Kier alpha value is -2.09. The number of hydrogen-bond acceptors (Lipinski definition) is 4. The lowest BCUT2D eigenvalue weighted by Gasteiger charge is -2.28. The van der Waals surface area contributed by atoms with Gasteiger partial charge in [-0.25, -0.2) is 4.79 Å². The molecular weight excluding hydrogens is 291 g/mol. The molecule has 1 aliphatic rings. The summed E-state index contributed by atoms with van der Waals surface area (Å²) in [5.74, 6) is -1.96. The summed E-state index contributed by atoms with van der Waals surface area (Å²) < 4.78 is 49.2. The minimum absolute atomic E-state index is 0.0397. The summed E-state index contributed by atoms with van der Waals surface area (Å²) in [6, 6.07) is 3.39. The number of rotatable bonds is 2. The van der Waals surface area contributed by atoms with E-state index in [9.17, 15) is 22.8 Å². The molecule has 0 bridgehead atoms. The van der Waals surface area contributed by atoms with Gasteiger partial charge in [-0.3, -0.25) is 4.79 Å². The lowest BCUT2D eigenvalue weighted by atomic mass is 9.93. The highest BCUT2D eigenvalue weighted by molar-refractivity contribution is 6.08. The molecule has 1 heterocycles. The Morgan fingerprint density at radius 1 is 1.29 bits per heavy atom. The lowest BCUT2D eigenvalue weighted by Crippen LogP contribution is -2.51. The summed E-state index contributed by atoms with van der Waals surface area (Å²) in [6.07, 6.45) is -4.93. The second kappa shape index (κ2) is 4.73. The highest BCUT2D eigenvalue weighted by Crippen LogP contribution is 2.51. The van der Waals surface area contributed by atoms with Crippen LogP contribution in [0, 0.1) is 0 Å². The maximum Gasteiger partial charge on any atom is 0.431 e. The summed E-state index contributed by atoms with van der Waals surface area (Å²) in [6.45, 7) is 0. The summed E-state index contributed by atoms with van der Waals surface area (Å²) >= 11 is 0. The average molecular weight is 303 g/mol. The maximum atomic E-state index is 13.4. The molecule has 8 heteroatoms. The predicted molar refractivity (Wildman–Crippen MR) is 65.9 cm³/mol. The number of benzene rings is 1. The van der Waals surface area contributed by atoms with Crippen molar-refractivity contribution in [3.8, 4) is 0 Å².